The summed E-state index contributed by atoms with van der Waals surface area (Å²) in [6, 6.07) is 8.05. The van der Waals surface area contributed by atoms with Crippen LogP contribution in [-0.4, -0.2) is 55.9 Å². The highest BCUT2D eigenvalue weighted by Crippen LogP contribution is 2.31. The average Bonchev–Trinajstić information content (AvgIpc) is 3.39. The number of nitrogens with one attached hydrogen (secondary N) is 2. The molecule has 8 nitrogen and oxygen atoms in total. The third kappa shape index (κ3) is 2.52. The molecule has 0 bridgehead atoms. The number of rotatable bonds is 3. The Kier molecular flexibility index (Phi) is 3.54. The Hall–Kier alpha value is -3.13. The van der Waals surface area contributed by atoms with Crippen LogP contribution >= 0.6 is 0 Å². The lowest BCUT2D eigenvalue weighted by Gasteiger charge is -2.16. The molecule has 0 saturated carbocycles. The van der Waals surface area contributed by atoms with Crippen molar-refractivity contribution < 1.29 is 5.11 Å². The zero-order valence-electron chi connectivity index (χ0n) is 15.3. The zero-order chi connectivity index (χ0) is 18.5. The summed E-state index contributed by atoms with van der Waals surface area (Å²) in [5.41, 5.74) is 4.45. The van der Waals surface area contributed by atoms with Crippen LogP contribution in [0.15, 0.2) is 30.6 Å². The first-order valence-electron chi connectivity index (χ1n) is 9.06. The van der Waals surface area contributed by atoms with Crippen LogP contribution in [0.3, 0.4) is 0 Å². The summed E-state index contributed by atoms with van der Waals surface area (Å²) >= 11 is 0. The van der Waals surface area contributed by atoms with Crippen LogP contribution < -0.4 is 10.2 Å². The van der Waals surface area contributed by atoms with E-state index in [0.29, 0.717) is 6.54 Å². The number of anilines is 2. The van der Waals surface area contributed by atoms with Gasteiger partial charge >= 0.3 is 0 Å². The molecule has 1 aliphatic heterocycles. The molecule has 1 unspecified atom stereocenters. The molecule has 0 radical (unpaired) electrons. The molecule has 5 rings (SSSR count). The summed E-state index contributed by atoms with van der Waals surface area (Å²) in [6.45, 7) is 1.46. The number of pyridine rings is 2. The zero-order valence-corrected chi connectivity index (χ0v) is 15.3. The molecule has 4 aromatic rings. The minimum atomic E-state index is -0.272. The topological polar surface area (TPSA) is 94.9 Å². The summed E-state index contributed by atoms with van der Waals surface area (Å²) < 4.78 is 2.01. The number of H-pyrrole nitrogens is 1. The highest BCUT2D eigenvalue weighted by Gasteiger charge is 2.22. The van der Waals surface area contributed by atoms with Crippen LogP contribution in [0.4, 0.5) is 11.6 Å². The average molecular weight is 363 g/mol. The van der Waals surface area contributed by atoms with E-state index in [2.05, 4.69) is 31.2 Å². The maximum absolute atomic E-state index is 9.80. The van der Waals surface area contributed by atoms with Gasteiger partial charge in [-0.15, -0.1) is 0 Å². The summed E-state index contributed by atoms with van der Waals surface area (Å²) in [5, 5.41) is 13.9. The number of aliphatic hydroxyl groups excluding tert-OH is 1. The third-order valence-electron chi connectivity index (χ3n) is 5.17. The Balaban J connectivity index is 1.64. The number of aliphatic hydroxyl groups is 1. The molecule has 0 amide bonds. The van der Waals surface area contributed by atoms with E-state index >= 15 is 0 Å². The van der Waals surface area contributed by atoms with Gasteiger partial charge in [-0.25, -0.2) is 15.0 Å². The van der Waals surface area contributed by atoms with Crippen molar-refractivity contribution in [3.8, 4) is 11.4 Å². The van der Waals surface area contributed by atoms with Gasteiger partial charge in [-0.1, -0.05) is 6.07 Å². The first kappa shape index (κ1) is 16.1. The Morgan fingerprint density at radius 2 is 2.19 bits per heavy atom. The van der Waals surface area contributed by atoms with E-state index in [1.165, 1.54) is 0 Å². The molecule has 1 saturated heterocycles. The molecule has 27 heavy (non-hydrogen) atoms. The number of hydrogen-bond donors (Lipinski definition) is 3. The fourth-order valence-corrected chi connectivity index (χ4v) is 3.81. The monoisotopic (exact) mass is 363 g/mol. The van der Waals surface area contributed by atoms with Crippen molar-refractivity contribution in [3.05, 3.63) is 30.6 Å². The van der Waals surface area contributed by atoms with Crippen molar-refractivity contribution in [2.24, 2.45) is 7.05 Å². The number of aromatic amines is 1. The first-order chi connectivity index (χ1) is 13.1. The van der Waals surface area contributed by atoms with Crippen molar-refractivity contribution in [3.63, 3.8) is 0 Å². The Labute approximate surface area is 155 Å². The fourth-order valence-electron chi connectivity index (χ4n) is 3.81. The van der Waals surface area contributed by atoms with Crippen molar-refractivity contribution in [1.29, 1.82) is 0 Å². The van der Waals surface area contributed by atoms with Crippen LogP contribution in [0, 0.1) is 0 Å². The van der Waals surface area contributed by atoms with Crippen molar-refractivity contribution in [1.82, 2.24) is 24.5 Å². The Bertz CT molecular complexity index is 1150. The molecule has 1 fully saturated rings. The largest absolute Gasteiger partial charge is 0.391 e. The quantitative estimate of drug-likeness (QED) is 0.516. The molecule has 138 valence electrons. The third-order valence-corrected chi connectivity index (χ3v) is 5.17. The molecular formula is C19H21N7O. The van der Waals surface area contributed by atoms with Crippen molar-refractivity contribution in [2.75, 3.05) is 30.4 Å². The highest BCUT2D eigenvalue weighted by atomic mass is 16.3. The van der Waals surface area contributed by atoms with Gasteiger partial charge in [0.05, 0.1) is 29.3 Å². The molecule has 3 N–H and O–H groups in total. The molecule has 0 aliphatic carbocycles. The van der Waals surface area contributed by atoms with Gasteiger partial charge in [-0.2, -0.15) is 0 Å². The first-order valence-corrected chi connectivity index (χ1v) is 9.06. The van der Waals surface area contributed by atoms with Crippen molar-refractivity contribution >= 4 is 33.7 Å². The lowest BCUT2D eigenvalue weighted by Crippen LogP contribution is -2.22. The summed E-state index contributed by atoms with van der Waals surface area (Å²) in [5.74, 6) is 1.64. The van der Waals surface area contributed by atoms with Gasteiger partial charge in [0.25, 0.3) is 0 Å². The van der Waals surface area contributed by atoms with Gasteiger partial charge in [0.15, 0.2) is 5.82 Å². The molecule has 1 aliphatic rings. The number of aromatic nitrogens is 5. The van der Waals surface area contributed by atoms with Crippen molar-refractivity contribution in [2.45, 2.75) is 12.5 Å². The number of fused-ring (bicyclic) bond motifs is 3. The van der Waals surface area contributed by atoms with Gasteiger partial charge in [0, 0.05) is 32.6 Å². The van der Waals surface area contributed by atoms with Gasteiger partial charge in [-0.05, 0) is 24.6 Å². The number of hydrogen-bond acceptors (Lipinski definition) is 6. The summed E-state index contributed by atoms with van der Waals surface area (Å²) in [4.78, 5) is 19.5. The predicted octanol–water partition coefficient (Wildman–Crippen LogP) is 2.12. The van der Waals surface area contributed by atoms with E-state index in [0.717, 1.165) is 58.1 Å². The van der Waals surface area contributed by atoms with Crippen LogP contribution in [0.25, 0.3) is 33.5 Å². The van der Waals surface area contributed by atoms with Gasteiger partial charge < -0.3 is 24.9 Å². The summed E-state index contributed by atoms with van der Waals surface area (Å²) in [7, 11) is 3.83. The van der Waals surface area contributed by atoms with Gasteiger partial charge in [0.1, 0.15) is 17.0 Å². The van der Waals surface area contributed by atoms with Crippen LogP contribution in [-0.2, 0) is 7.05 Å². The minimum absolute atomic E-state index is 0.272. The molecule has 1 atom stereocenters. The predicted molar refractivity (Wildman–Crippen MR) is 106 cm³/mol. The summed E-state index contributed by atoms with van der Waals surface area (Å²) in [6.07, 6.45) is 2.32. The number of β-amino-alcohol motifs (C(OH)–C–C–N with tert-alkyl or cyclic N) is 1. The SMILES string of the molecule is CNc1nc2[nH]c(-c3cccc(N4CCC(O)C4)n3)cc2c2c1ncn2C. The fraction of sp³-hybridized carbons (Fsp3) is 0.316. The lowest BCUT2D eigenvalue weighted by atomic mass is 10.2. The van der Waals surface area contributed by atoms with Gasteiger partial charge in [-0.3, -0.25) is 0 Å². The molecule has 0 aromatic carbocycles. The molecule has 8 heteroatoms. The molecular weight excluding hydrogens is 342 g/mol. The van der Waals surface area contributed by atoms with Crippen LogP contribution in [0.1, 0.15) is 6.42 Å². The normalized spacial score (nSPS) is 17.3. The van der Waals surface area contributed by atoms with E-state index in [4.69, 9.17) is 4.98 Å². The number of imidazole rings is 1. The van der Waals surface area contributed by atoms with E-state index in [-0.39, 0.29) is 6.10 Å². The Morgan fingerprint density at radius 3 is 2.96 bits per heavy atom. The van der Waals surface area contributed by atoms with Crippen LogP contribution in [0.2, 0.25) is 0 Å². The van der Waals surface area contributed by atoms with Crippen LogP contribution in [0.5, 0.6) is 0 Å². The minimum Gasteiger partial charge on any atom is -0.391 e. The number of aryl methyl sites for hydroxylation is 1. The highest BCUT2D eigenvalue weighted by molar-refractivity contribution is 6.07. The second-order valence-electron chi connectivity index (χ2n) is 6.98. The van der Waals surface area contributed by atoms with E-state index in [1.54, 1.807) is 6.33 Å². The molecule has 5 heterocycles. The molecule has 4 aromatic heterocycles. The maximum atomic E-state index is 9.80. The second-order valence-corrected chi connectivity index (χ2v) is 6.98. The standard InChI is InChI=1S/C19H21N7O/c1-20-19-16-17(25(2)10-21-16)12-8-14(23-18(12)24-19)13-4-3-5-15(22-13)26-7-6-11(27)9-26/h3-5,8,10-11,27H,6-7,9H2,1-2H3,(H2,20,23,24). The van der Waals surface area contributed by atoms with Gasteiger partial charge in [0.2, 0.25) is 0 Å². The van der Waals surface area contributed by atoms with E-state index in [9.17, 15) is 5.11 Å². The van der Waals surface area contributed by atoms with E-state index in [1.807, 2.05) is 36.9 Å². The second kappa shape index (κ2) is 5.95. The number of nitrogens with zero attached hydrogens (tertiary/aromatic N) is 5. The Morgan fingerprint density at radius 1 is 1.30 bits per heavy atom. The smallest absolute Gasteiger partial charge is 0.156 e. The molecule has 0 spiro atoms. The maximum Gasteiger partial charge on any atom is 0.156 e. The van der Waals surface area contributed by atoms with E-state index < -0.39 is 0 Å². The lowest BCUT2D eigenvalue weighted by molar-refractivity contribution is 0.198.